The van der Waals surface area contributed by atoms with E-state index in [2.05, 4.69) is 67.3 Å². The molecule has 1 N–H and O–H groups in total. The van der Waals surface area contributed by atoms with Crippen LogP contribution in [-0.2, 0) is 5.41 Å². The Bertz CT molecular complexity index is 454. The number of hydrogen-bond donors (Lipinski definition) is 1. The third kappa shape index (κ3) is 4.09. The van der Waals surface area contributed by atoms with Crippen molar-refractivity contribution in [1.82, 2.24) is 10.2 Å². The molecule has 1 aliphatic rings. The highest BCUT2D eigenvalue weighted by atomic mass is 127. The van der Waals surface area contributed by atoms with Crippen molar-refractivity contribution in [2.75, 3.05) is 26.7 Å². The van der Waals surface area contributed by atoms with Crippen LogP contribution in [0.15, 0.2) is 29.3 Å². The number of rotatable bonds is 3. The highest BCUT2D eigenvalue weighted by Crippen LogP contribution is 2.23. The number of likely N-dealkylation sites (N-methyl/N-ethyl adjacent to an activating group) is 1. The van der Waals surface area contributed by atoms with Crippen LogP contribution in [0.5, 0.6) is 0 Å². The SMILES string of the molecule is Cc1cccc(C(C)(C)CNC2=NCCN2C)c1.I. The largest absolute Gasteiger partial charge is 0.355 e. The van der Waals surface area contributed by atoms with Crippen LogP contribution in [0, 0.1) is 6.92 Å². The second-order valence-electron chi connectivity index (χ2n) is 5.73. The number of nitrogens with zero attached hydrogens (tertiary/aromatic N) is 2. The fraction of sp³-hybridized carbons (Fsp3) is 0.533. The van der Waals surface area contributed by atoms with Gasteiger partial charge in [0, 0.05) is 25.6 Å². The average molecular weight is 373 g/mol. The van der Waals surface area contributed by atoms with E-state index in [1.54, 1.807) is 0 Å². The Balaban J connectivity index is 0.00000180. The van der Waals surface area contributed by atoms with E-state index in [-0.39, 0.29) is 29.4 Å². The van der Waals surface area contributed by atoms with Gasteiger partial charge in [0.1, 0.15) is 0 Å². The van der Waals surface area contributed by atoms with Gasteiger partial charge in [0.15, 0.2) is 5.96 Å². The van der Waals surface area contributed by atoms with E-state index >= 15 is 0 Å². The Morgan fingerprint density at radius 3 is 2.68 bits per heavy atom. The summed E-state index contributed by atoms with van der Waals surface area (Å²) in [6.45, 7) is 9.51. The van der Waals surface area contributed by atoms with Crippen molar-refractivity contribution < 1.29 is 0 Å². The summed E-state index contributed by atoms with van der Waals surface area (Å²) in [6, 6.07) is 8.74. The molecule has 0 atom stereocenters. The molecule has 2 rings (SSSR count). The van der Waals surface area contributed by atoms with Gasteiger partial charge in [-0.25, -0.2) is 0 Å². The monoisotopic (exact) mass is 373 g/mol. The van der Waals surface area contributed by atoms with Crippen LogP contribution in [0.4, 0.5) is 0 Å². The van der Waals surface area contributed by atoms with Gasteiger partial charge in [-0.1, -0.05) is 43.7 Å². The predicted octanol–water partition coefficient (Wildman–Crippen LogP) is 2.78. The molecule has 0 bridgehead atoms. The third-order valence-corrected chi connectivity index (χ3v) is 3.55. The molecular formula is C15H24IN3. The maximum absolute atomic E-state index is 4.46. The maximum Gasteiger partial charge on any atom is 0.193 e. The van der Waals surface area contributed by atoms with Crippen molar-refractivity contribution in [3.05, 3.63) is 35.4 Å². The second kappa shape index (κ2) is 6.59. The molecule has 0 amide bonds. The fourth-order valence-corrected chi connectivity index (χ4v) is 2.19. The lowest BCUT2D eigenvalue weighted by atomic mass is 9.84. The van der Waals surface area contributed by atoms with E-state index < -0.39 is 0 Å². The number of aryl methyl sites for hydroxylation is 1. The van der Waals surface area contributed by atoms with E-state index in [4.69, 9.17) is 0 Å². The van der Waals surface area contributed by atoms with E-state index in [1.165, 1.54) is 11.1 Å². The summed E-state index contributed by atoms with van der Waals surface area (Å²) in [5.74, 6) is 1.02. The number of hydrogen-bond acceptors (Lipinski definition) is 3. The molecule has 106 valence electrons. The van der Waals surface area contributed by atoms with Gasteiger partial charge in [-0.2, -0.15) is 0 Å². The van der Waals surface area contributed by atoms with Crippen LogP contribution < -0.4 is 5.32 Å². The van der Waals surface area contributed by atoms with Crippen molar-refractivity contribution in [2.45, 2.75) is 26.2 Å². The molecule has 0 aliphatic carbocycles. The van der Waals surface area contributed by atoms with Gasteiger partial charge >= 0.3 is 0 Å². The molecule has 0 radical (unpaired) electrons. The molecule has 0 saturated heterocycles. The second-order valence-corrected chi connectivity index (χ2v) is 5.73. The zero-order chi connectivity index (χ0) is 13.2. The van der Waals surface area contributed by atoms with Crippen LogP contribution in [0.2, 0.25) is 0 Å². The van der Waals surface area contributed by atoms with Crippen molar-refractivity contribution in [3.63, 3.8) is 0 Å². The van der Waals surface area contributed by atoms with E-state index in [1.807, 2.05) is 0 Å². The molecule has 1 aromatic rings. The maximum atomic E-state index is 4.46. The lowest BCUT2D eigenvalue weighted by Gasteiger charge is -2.28. The first kappa shape index (κ1) is 16.3. The van der Waals surface area contributed by atoms with Crippen molar-refractivity contribution >= 4 is 29.9 Å². The molecule has 3 nitrogen and oxygen atoms in total. The zero-order valence-corrected chi connectivity index (χ0v) is 14.6. The summed E-state index contributed by atoms with van der Waals surface area (Å²) in [7, 11) is 2.08. The van der Waals surface area contributed by atoms with E-state index in [9.17, 15) is 0 Å². The first-order chi connectivity index (χ1) is 8.49. The number of aliphatic imine (C=N–C) groups is 1. The van der Waals surface area contributed by atoms with Crippen LogP contribution in [0.1, 0.15) is 25.0 Å². The number of nitrogens with one attached hydrogen (secondary N) is 1. The van der Waals surface area contributed by atoms with Crippen LogP contribution in [0.3, 0.4) is 0 Å². The number of benzene rings is 1. The molecule has 1 heterocycles. The highest BCUT2D eigenvalue weighted by molar-refractivity contribution is 14.0. The minimum Gasteiger partial charge on any atom is -0.355 e. The summed E-state index contributed by atoms with van der Waals surface area (Å²) in [5.41, 5.74) is 2.80. The Morgan fingerprint density at radius 2 is 2.11 bits per heavy atom. The Kier molecular flexibility index (Phi) is 5.64. The van der Waals surface area contributed by atoms with Crippen LogP contribution in [-0.4, -0.2) is 37.5 Å². The normalized spacial score (nSPS) is 14.9. The smallest absolute Gasteiger partial charge is 0.193 e. The molecule has 0 fully saturated rings. The first-order valence-electron chi connectivity index (χ1n) is 6.56. The quantitative estimate of drug-likeness (QED) is 0.826. The van der Waals surface area contributed by atoms with Gasteiger partial charge < -0.3 is 10.2 Å². The van der Waals surface area contributed by atoms with Gasteiger partial charge in [0.2, 0.25) is 0 Å². The summed E-state index contributed by atoms with van der Waals surface area (Å²) >= 11 is 0. The summed E-state index contributed by atoms with van der Waals surface area (Å²) in [6.07, 6.45) is 0. The van der Waals surface area contributed by atoms with E-state index in [0.717, 1.165) is 25.6 Å². The topological polar surface area (TPSA) is 27.6 Å². The first-order valence-corrected chi connectivity index (χ1v) is 6.56. The highest BCUT2D eigenvalue weighted by Gasteiger charge is 2.22. The van der Waals surface area contributed by atoms with Gasteiger partial charge in [0.05, 0.1) is 6.54 Å². The Morgan fingerprint density at radius 1 is 1.37 bits per heavy atom. The van der Waals surface area contributed by atoms with Gasteiger partial charge in [-0.3, -0.25) is 4.99 Å². The minimum absolute atomic E-state index is 0. The standard InChI is InChI=1S/C15H23N3.HI/c1-12-6-5-7-13(10-12)15(2,3)11-17-14-16-8-9-18(14)4;/h5-7,10H,8-9,11H2,1-4H3,(H,16,17);1H. The lowest BCUT2D eigenvalue weighted by molar-refractivity contribution is 0.480. The zero-order valence-electron chi connectivity index (χ0n) is 12.2. The molecule has 0 saturated carbocycles. The number of halogens is 1. The number of guanidine groups is 1. The summed E-state index contributed by atoms with van der Waals surface area (Å²) < 4.78 is 0. The molecule has 1 aromatic carbocycles. The Labute approximate surface area is 133 Å². The molecular weight excluding hydrogens is 349 g/mol. The van der Waals surface area contributed by atoms with Gasteiger partial charge in [-0.05, 0) is 12.5 Å². The van der Waals surface area contributed by atoms with Crippen molar-refractivity contribution in [3.8, 4) is 0 Å². The molecule has 0 unspecified atom stereocenters. The molecule has 19 heavy (non-hydrogen) atoms. The van der Waals surface area contributed by atoms with E-state index in [0.29, 0.717) is 0 Å². The van der Waals surface area contributed by atoms with Gasteiger partial charge in [0.25, 0.3) is 0 Å². The third-order valence-electron chi connectivity index (χ3n) is 3.55. The van der Waals surface area contributed by atoms with Crippen molar-refractivity contribution in [2.24, 2.45) is 4.99 Å². The van der Waals surface area contributed by atoms with Crippen LogP contribution in [0.25, 0.3) is 0 Å². The summed E-state index contributed by atoms with van der Waals surface area (Å²) in [4.78, 5) is 6.64. The minimum atomic E-state index is 0. The molecule has 4 heteroatoms. The van der Waals surface area contributed by atoms with Crippen LogP contribution >= 0.6 is 24.0 Å². The fourth-order valence-electron chi connectivity index (χ4n) is 2.19. The molecule has 0 aromatic heterocycles. The predicted molar refractivity (Wildman–Crippen MR) is 92.6 cm³/mol. The average Bonchev–Trinajstić information content (AvgIpc) is 2.72. The summed E-state index contributed by atoms with van der Waals surface area (Å²) in [5, 5.41) is 3.47. The van der Waals surface area contributed by atoms with Gasteiger partial charge in [-0.15, -0.1) is 24.0 Å². The lowest BCUT2D eigenvalue weighted by Crippen LogP contribution is -2.42. The Hall–Kier alpha value is -0.780. The van der Waals surface area contributed by atoms with Crippen molar-refractivity contribution in [1.29, 1.82) is 0 Å². The molecule has 0 spiro atoms. The molecule has 1 aliphatic heterocycles.